The van der Waals surface area contributed by atoms with E-state index in [-0.39, 0.29) is 0 Å². The number of hydrogen-bond donors (Lipinski definition) is 1. The molecule has 1 rings (SSSR count). The van der Waals surface area contributed by atoms with Gasteiger partial charge >= 0.3 is 0 Å². The van der Waals surface area contributed by atoms with E-state index in [9.17, 15) is 0 Å². The van der Waals surface area contributed by atoms with Crippen molar-refractivity contribution in [2.24, 2.45) is 11.3 Å². The maximum absolute atomic E-state index is 3.64. The van der Waals surface area contributed by atoms with Crippen molar-refractivity contribution >= 4 is 0 Å². The van der Waals surface area contributed by atoms with E-state index in [1.165, 1.54) is 38.9 Å². The molecule has 2 nitrogen and oxygen atoms in total. The minimum absolute atomic E-state index is 0.459. The summed E-state index contributed by atoms with van der Waals surface area (Å²) in [5.41, 5.74) is 0.459. The van der Waals surface area contributed by atoms with Crippen molar-refractivity contribution in [1.29, 1.82) is 0 Å². The van der Waals surface area contributed by atoms with E-state index in [1.807, 2.05) is 0 Å². The molecule has 1 aliphatic rings. The van der Waals surface area contributed by atoms with Gasteiger partial charge in [-0.05, 0) is 50.7 Å². The van der Waals surface area contributed by atoms with Gasteiger partial charge in [0.2, 0.25) is 0 Å². The minimum atomic E-state index is 0.459. The van der Waals surface area contributed by atoms with Crippen LogP contribution in [0.1, 0.15) is 40.0 Å². The predicted octanol–water partition coefficient (Wildman–Crippen LogP) is 2.35. The average Bonchev–Trinajstić information content (AvgIpc) is 2.18. The first kappa shape index (κ1) is 13.0. The molecule has 15 heavy (non-hydrogen) atoms. The molecular weight excluding hydrogens is 184 g/mol. The summed E-state index contributed by atoms with van der Waals surface area (Å²) < 4.78 is 0. The third-order valence-corrected chi connectivity index (χ3v) is 3.72. The highest BCUT2D eigenvalue weighted by atomic mass is 15.1. The molecule has 0 aliphatic carbocycles. The van der Waals surface area contributed by atoms with Crippen LogP contribution in [0.5, 0.6) is 0 Å². The summed E-state index contributed by atoms with van der Waals surface area (Å²) in [6, 6.07) is 0. The van der Waals surface area contributed by atoms with Gasteiger partial charge in [0.15, 0.2) is 0 Å². The summed E-state index contributed by atoms with van der Waals surface area (Å²) in [5, 5.41) is 3.64. The molecule has 0 amide bonds. The normalized spacial score (nSPS) is 24.4. The van der Waals surface area contributed by atoms with Crippen LogP contribution in [0.2, 0.25) is 0 Å². The summed E-state index contributed by atoms with van der Waals surface area (Å²) in [4.78, 5) is 2.46. The zero-order chi connectivity index (χ0) is 11.3. The monoisotopic (exact) mass is 212 g/mol. The van der Waals surface area contributed by atoms with Crippen LogP contribution in [-0.2, 0) is 0 Å². The van der Waals surface area contributed by atoms with Gasteiger partial charge in [-0.2, -0.15) is 0 Å². The maximum Gasteiger partial charge on any atom is 0.00187 e. The lowest BCUT2D eigenvalue weighted by molar-refractivity contribution is 0.200. The molecule has 0 saturated carbocycles. The summed E-state index contributed by atoms with van der Waals surface area (Å²) in [6.45, 7) is 11.9. The Hall–Kier alpha value is -0.0800. The second-order valence-electron chi connectivity index (χ2n) is 5.92. The fourth-order valence-corrected chi connectivity index (χ4v) is 2.18. The Labute approximate surface area is 95.4 Å². The molecule has 1 atom stereocenters. The Morgan fingerprint density at radius 3 is 2.73 bits per heavy atom. The van der Waals surface area contributed by atoms with E-state index >= 15 is 0 Å². The fourth-order valence-electron chi connectivity index (χ4n) is 2.18. The van der Waals surface area contributed by atoms with Crippen LogP contribution >= 0.6 is 0 Å². The number of likely N-dealkylation sites (tertiary alicyclic amines) is 1. The van der Waals surface area contributed by atoms with Crippen LogP contribution in [0, 0.1) is 11.3 Å². The quantitative estimate of drug-likeness (QED) is 0.752. The second kappa shape index (κ2) is 5.86. The summed E-state index contributed by atoms with van der Waals surface area (Å²) in [5.74, 6) is 0.872. The van der Waals surface area contributed by atoms with Gasteiger partial charge in [-0.1, -0.05) is 20.8 Å². The largest absolute Gasteiger partial charge is 0.316 e. The molecule has 0 bridgehead atoms. The van der Waals surface area contributed by atoms with E-state index in [0.29, 0.717) is 5.41 Å². The Morgan fingerprint density at radius 2 is 2.13 bits per heavy atom. The molecule has 1 heterocycles. The minimum Gasteiger partial charge on any atom is -0.316 e. The van der Waals surface area contributed by atoms with Gasteiger partial charge in [0.25, 0.3) is 0 Å². The predicted molar refractivity (Wildman–Crippen MR) is 67.2 cm³/mol. The third kappa shape index (κ3) is 4.98. The number of rotatable bonds is 5. The molecule has 0 spiro atoms. The molecular formula is C13H28N2. The van der Waals surface area contributed by atoms with Crippen molar-refractivity contribution in [3.05, 3.63) is 0 Å². The van der Waals surface area contributed by atoms with Crippen molar-refractivity contribution in [3.8, 4) is 0 Å². The van der Waals surface area contributed by atoms with Crippen molar-refractivity contribution in [2.75, 3.05) is 33.2 Å². The molecule has 0 radical (unpaired) electrons. The van der Waals surface area contributed by atoms with Crippen LogP contribution in [0.3, 0.4) is 0 Å². The van der Waals surface area contributed by atoms with Gasteiger partial charge in [0.05, 0.1) is 0 Å². The Kier molecular flexibility index (Phi) is 5.07. The Morgan fingerprint density at radius 1 is 1.40 bits per heavy atom. The molecule has 90 valence electrons. The Bertz CT molecular complexity index is 177. The van der Waals surface area contributed by atoms with Gasteiger partial charge in [0.1, 0.15) is 0 Å². The van der Waals surface area contributed by atoms with Crippen LogP contribution in [0.4, 0.5) is 0 Å². The molecule has 1 aliphatic heterocycles. The van der Waals surface area contributed by atoms with Crippen molar-refractivity contribution in [3.63, 3.8) is 0 Å². The van der Waals surface area contributed by atoms with Gasteiger partial charge in [-0.15, -0.1) is 0 Å². The number of nitrogens with one attached hydrogen (secondary N) is 1. The highest BCUT2D eigenvalue weighted by molar-refractivity contribution is 4.75. The highest BCUT2D eigenvalue weighted by Gasteiger charge is 2.18. The van der Waals surface area contributed by atoms with E-state index in [0.717, 1.165) is 12.5 Å². The van der Waals surface area contributed by atoms with Crippen molar-refractivity contribution in [1.82, 2.24) is 10.2 Å². The zero-order valence-corrected chi connectivity index (χ0v) is 11.0. The molecule has 0 aromatic carbocycles. The van der Waals surface area contributed by atoms with E-state index in [1.54, 1.807) is 0 Å². The molecule has 1 fully saturated rings. The van der Waals surface area contributed by atoms with E-state index < -0.39 is 0 Å². The number of piperidine rings is 1. The third-order valence-electron chi connectivity index (χ3n) is 3.72. The first-order chi connectivity index (χ1) is 7.03. The second-order valence-corrected chi connectivity index (χ2v) is 5.92. The van der Waals surface area contributed by atoms with Gasteiger partial charge in [0, 0.05) is 13.1 Å². The van der Waals surface area contributed by atoms with Gasteiger partial charge in [-0.25, -0.2) is 0 Å². The Balaban J connectivity index is 2.14. The van der Waals surface area contributed by atoms with Crippen LogP contribution in [-0.4, -0.2) is 38.1 Å². The van der Waals surface area contributed by atoms with Crippen LogP contribution in [0.25, 0.3) is 0 Å². The summed E-state index contributed by atoms with van der Waals surface area (Å²) in [7, 11) is 2.24. The van der Waals surface area contributed by atoms with Crippen molar-refractivity contribution < 1.29 is 0 Å². The lowest BCUT2D eigenvalue weighted by Crippen LogP contribution is -2.39. The topological polar surface area (TPSA) is 15.3 Å². The van der Waals surface area contributed by atoms with Crippen LogP contribution < -0.4 is 5.32 Å². The highest BCUT2D eigenvalue weighted by Crippen LogP contribution is 2.19. The molecule has 1 unspecified atom stereocenters. The molecule has 0 aromatic heterocycles. The molecule has 1 N–H and O–H groups in total. The summed E-state index contributed by atoms with van der Waals surface area (Å²) >= 11 is 0. The standard InChI is InChI=1S/C13H28N2/c1-5-13(2,3)11-14-9-12-7-6-8-15(4)10-12/h12,14H,5-11H2,1-4H3. The SMILES string of the molecule is CCC(C)(C)CNCC1CCCN(C)C1. The first-order valence-electron chi connectivity index (χ1n) is 6.43. The lowest BCUT2D eigenvalue weighted by Gasteiger charge is -2.31. The maximum atomic E-state index is 3.64. The zero-order valence-electron chi connectivity index (χ0n) is 11.0. The van der Waals surface area contributed by atoms with Gasteiger partial charge in [-0.3, -0.25) is 0 Å². The molecule has 1 saturated heterocycles. The van der Waals surface area contributed by atoms with Gasteiger partial charge < -0.3 is 10.2 Å². The van der Waals surface area contributed by atoms with E-state index in [4.69, 9.17) is 0 Å². The van der Waals surface area contributed by atoms with Crippen LogP contribution in [0.15, 0.2) is 0 Å². The average molecular weight is 212 g/mol. The smallest absolute Gasteiger partial charge is 0.00187 e. The lowest BCUT2D eigenvalue weighted by atomic mass is 9.90. The van der Waals surface area contributed by atoms with Crippen molar-refractivity contribution in [2.45, 2.75) is 40.0 Å². The molecule has 0 aromatic rings. The fraction of sp³-hybridized carbons (Fsp3) is 1.00. The molecule has 2 heteroatoms. The number of hydrogen-bond acceptors (Lipinski definition) is 2. The van der Waals surface area contributed by atoms with E-state index in [2.05, 4.69) is 38.0 Å². The number of nitrogens with zero attached hydrogens (tertiary/aromatic N) is 1. The first-order valence-corrected chi connectivity index (χ1v) is 6.43. The summed E-state index contributed by atoms with van der Waals surface area (Å²) in [6.07, 6.45) is 4.04.